The highest BCUT2D eigenvalue weighted by Crippen LogP contribution is 2.36. The molecule has 2 unspecified atom stereocenters. The van der Waals surface area contributed by atoms with Crippen LogP contribution in [0.5, 0.6) is 0 Å². The molecule has 2 atom stereocenters. The van der Waals surface area contributed by atoms with E-state index in [1.165, 1.54) is 57.8 Å². The van der Waals surface area contributed by atoms with Gasteiger partial charge in [0.15, 0.2) is 0 Å². The molecular formula is C17H29N3. The van der Waals surface area contributed by atoms with Gasteiger partial charge in [-0.15, -0.1) is 0 Å². The molecular weight excluding hydrogens is 246 g/mol. The topological polar surface area (TPSA) is 39.1 Å². The van der Waals surface area contributed by atoms with Crippen LogP contribution in [0.3, 0.4) is 0 Å². The zero-order valence-corrected chi connectivity index (χ0v) is 12.9. The van der Waals surface area contributed by atoms with Crippen LogP contribution in [0.15, 0.2) is 0 Å². The van der Waals surface area contributed by atoms with Gasteiger partial charge in [0.2, 0.25) is 0 Å². The van der Waals surface area contributed by atoms with Crippen LogP contribution in [-0.2, 0) is 0 Å². The Morgan fingerprint density at radius 1 is 1.00 bits per heavy atom. The highest BCUT2D eigenvalue weighted by atomic mass is 15.2. The monoisotopic (exact) mass is 275 g/mol. The maximum atomic E-state index is 9.70. The third-order valence-electron chi connectivity index (χ3n) is 5.72. The highest BCUT2D eigenvalue weighted by molar-refractivity contribution is 5.13. The summed E-state index contributed by atoms with van der Waals surface area (Å²) >= 11 is 0. The molecule has 0 spiro atoms. The number of nitriles is 1. The lowest BCUT2D eigenvalue weighted by molar-refractivity contribution is 0.0858. The maximum Gasteiger partial charge on any atom is 0.108 e. The van der Waals surface area contributed by atoms with Gasteiger partial charge >= 0.3 is 0 Å². The minimum Gasteiger partial charge on any atom is -0.300 e. The van der Waals surface area contributed by atoms with Crippen molar-refractivity contribution in [2.75, 3.05) is 7.05 Å². The van der Waals surface area contributed by atoms with Crippen molar-refractivity contribution in [3.8, 4) is 6.07 Å². The van der Waals surface area contributed by atoms with Crippen molar-refractivity contribution in [3.05, 3.63) is 0 Å². The van der Waals surface area contributed by atoms with Crippen LogP contribution in [0.1, 0.15) is 70.6 Å². The summed E-state index contributed by atoms with van der Waals surface area (Å²) in [5.41, 5.74) is -0.229. The van der Waals surface area contributed by atoms with E-state index in [2.05, 4.69) is 23.3 Å². The van der Waals surface area contributed by atoms with Gasteiger partial charge in [-0.2, -0.15) is 5.26 Å². The predicted molar refractivity (Wildman–Crippen MR) is 81.4 cm³/mol. The standard InChI is InChI=1S/C17H29N3/c1-20(15-6-3-2-4-7-15)16-8-5-11-17(12-16,13-18)19-14-9-10-14/h14-16,19H,2-12H2,1H3. The second-order valence-corrected chi connectivity index (χ2v) is 7.32. The molecule has 3 rings (SSSR count). The summed E-state index contributed by atoms with van der Waals surface area (Å²) in [5, 5.41) is 13.4. The first-order valence-electron chi connectivity index (χ1n) is 8.63. The molecule has 3 aliphatic rings. The molecule has 20 heavy (non-hydrogen) atoms. The van der Waals surface area contributed by atoms with Crippen LogP contribution in [0.2, 0.25) is 0 Å². The lowest BCUT2D eigenvalue weighted by Gasteiger charge is -2.44. The highest BCUT2D eigenvalue weighted by Gasteiger charge is 2.42. The molecule has 0 aromatic heterocycles. The molecule has 3 heteroatoms. The Hall–Kier alpha value is -0.590. The summed E-state index contributed by atoms with van der Waals surface area (Å²) in [7, 11) is 2.31. The Morgan fingerprint density at radius 3 is 2.35 bits per heavy atom. The number of nitrogens with one attached hydrogen (secondary N) is 1. The Bertz CT molecular complexity index is 365. The van der Waals surface area contributed by atoms with Crippen molar-refractivity contribution in [2.45, 2.75) is 94.3 Å². The van der Waals surface area contributed by atoms with Gasteiger partial charge in [-0.05, 0) is 58.4 Å². The van der Waals surface area contributed by atoms with Crippen LogP contribution < -0.4 is 5.32 Å². The number of nitrogens with zero attached hydrogens (tertiary/aromatic N) is 2. The van der Waals surface area contributed by atoms with E-state index in [4.69, 9.17) is 0 Å². The Kier molecular flexibility index (Phi) is 4.33. The quantitative estimate of drug-likeness (QED) is 0.856. The predicted octanol–water partition coefficient (Wildman–Crippen LogP) is 3.21. The first kappa shape index (κ1) is 14.4. The average molecular weight is 275 g/mol. The average Bonchev–Trinajstić information content (AvgIpc) is 3.31. The molecule has 0 aromatic rings. The van der Waals surface area contributed by atoms with Gasteiger partial charge in [0.25, 0.3) is 0 Å². The molecule has 0 amide bonds. The van der Waals surface area contributed by atoms with E-state index in [0.717, 1.165) is 18.9 Å². The van der Waals surface area contributed by atoms with Crippen LogP contribution in [0.25, 0.3) is 0 Å². The first-order chi connectivity index (χ1) is 9.72. The van der Waals surface area contributed by atoms with Crippen LogP contribution in [0, 0.1) is 11.3 Å². The van der Waals surface area contributed by atoms with E-state index in [-0.39, 0.29) is 5.54 Å². The van der Waals surface area contributed by atoms with Gasteiger partial charge in [-0.1, -0.05) is 19.3 Å². The van der Waals surface area contributed by atoms with E-state index in [0.29, 0.717) is 12.1 Å². The number of hydrogen-bond donors (Lipinski definition) is 1. The summed E-state index contributed by atoms with van der Waals surface area (Å²) in [4.78, 5) is 2.62. The molecule has 0 radical (unpaired) electrons. The molecule has 0 heterocycles. The third-order valence-corrected chi connectivity index (χ3v) is 5.72. The fraction of sp³-hybridized carbons (Fsp3) is 0.941. The van der Waals surface area contributed by atoms with E-state index < -0.39 is 0 Å². The largest absolute Gasteiger partial charge is 0.300 e. The second-order valence-electron chi connectivity index (χ2n) is 7.32. The normalized spacial score (nSPS) is 36.0. The van der Waals surface area contributed by atoms with Gasteiger partial charge < -0.3 is 4.90 Å². The third kappa shape index (κ3) is 3.18. The summed E-state index contributed by atoms with van der Waals surface area (Å²) in [6.45, 7) is 0. The number of rotatable bonds is 4. The summed E-state index contributed by atoms with van der Waals surface area (Å²) < 4.78 is 0. The van der Waals surface area contributed by atoms with Crippen molar-refractivity contribution in [2.24, 2.45) is 0 Å². The van der Waals surface area contributed by atoms with Gasteiger partial charge in [0.05, 0.1) is 6.07 Å². The molecule has 3 aliphatic carbocycles. The van der Waals surface area contributed by atoms with Gasteiger partial charge in [0.1, 0.15) is 5.54 Å². The van der Waals surface area contributed by atoms with Gasteiger partial charge in [-0.3, -0.25) is 5.32 Å². The van der Waals surface area contributed by atoms with E-state index in [1.54, 1.807) is 0 Å². The van der Waals surface area contributed by atoms with Crippen LogP contribution >= 0.6 is 0 Å². The molecule has 0 saturated heterocycles. The molecule has 0 bridgehead atoms. The Balaban J connectivity index is 1.62. The zero-order valence-electron chi connectivity index (χ0n) is 12.9. The van der Waals surface area contributed by atoms with Crippen molar-refractivity contribution in [1.82, 2.24) is 10.2 Å². The van der Waals surface area contributed by atoms with Crippen molar-refractivity contribution in [1.29, 1.82) is 5.26 Å². The Labute approximate surface area is 123 Å². The van der Waals surface area contributed by atoms with E-state index in [9.17, 15) is 5.26 Å². The minimum absolute atomic E-state index is 0.229. The SMILES string of the molecule is CN(C1CCCCC1)C1CCCC(C#N)(NC2CC2)C1. The van der Waals surface area contributed by atoms with Gasteiger partial charge in [0, 0.05) is 18.1 Å². The van der Waals surface area contributed by atoms with Crippen molar-refractivity contribution >= 4 is 0 Å². The second kappa shape index (κ2) is 6.03. The van der Waals surface area contributed by atoms with Crippen LogP contribution in [0.4, 0.5) is 0 Å². The lowest BCUT2D eigenvalue weighted by Crippen LogP contribution is -2.54. The van der Waals surface area contributed by atoms with E-state index >= 15 is 0 Å². The van der Waals surface area contributed by atoms with Crippen molar-refractivity contribution < 1.29 is 0 Å². The van der Waals surface area contributed by atoms with E-state index in [1.807, 2.05) is 0 Å². The molecule has 3 nitrogen and oxygen atoms in total. The molecule has 112 valence electrons. The zero-order chi connectivity index (χ0) is 14.0. The molecule has 3 fully saturated rings. The molecule has 0 aromatic carbocycles. The van der Waals surface area contributed by atoms with Crippen molar-refractivity contribution in [3.63, 3.8) is 0 Å². The molecule has 1 N–H and O–H groups in total. The summed E-state index contributed by atoms with van der Waals surface area (Å²) in [6.07, 6.45) is 14.0. The summed E-state index contributed by atoms with van der Waals surface area (Å²) in [6, 6.07) is 4.65. The smallest absolute Gasteiger partial charge is 0.108 e. The maximum absolute atomic E-state index is 9.70. The number of hydrogen-bond acceptors (Lipinski definition) is 3. The minimum atomic E-state index is -0.229. The fourth-order valence-corrected chi connectivity index (χ4v) is 4.26. The summed E-state index contributed by atoms with van der Waals surface area (Å²) in [5.74, 6) is 0. The first-order valence-corrected chi connectivity index (χ1v) is 8.63. The van der Waals surface area contributed by atoms with Crippen LogP contribution in [-0.4, -0.2) is 35.6 Å². The molecule has 0 aliphatic heterocycles. The Morgan fingerprint density at radius 2 is 1.70 bits per heavy atom. The van der Waals surface area contributed by atoms with Gasteiger partial charge in [-0.25, -0.2) is 0 Å². The fourth-order valence-electron chi connectivity index (χ4n) is 4.26. The lowest BCUT2D eigenvalue weighted by atomic mass is 9.78. The molecule has 3 saturated carbocycles.